The average Bonchev–Trinajstić information content (AvgIpc) is 3.07. The molecule has 280 valence electrons. The number of fused-ring (bicyclic) bond motifs is 3. The molecule has 6 N–H and O–H groups in total. The summed E-state index contributed by atoms with van der Waals surface area (Å²) in [5, 5.41) is 54.3. The lowest BCUT2D eigenvalue weighted by Crippen LogP contribution is -2.52. The lowest BCUT2D eigenvalue weighted by atomic mass is 9.72. The molecule has 0 fully saturated rings. The van der Waals surface area contributed by atoms with Crippen molar-refractivity contribution in [2.45, 2.75) is 42.6 Å². The predicted molar refractivity (Wildman–Crippen MR) is 163 cm³/mol. The number of phenols is 2. The van der Waals surface area contributed by atoms with Gasteiger partial charge >= 0.3 is 21.3 Å². The minimum absolute atomic E-state index is 0.0506. The molecular formula is C28H33NO20P2. The standard InChI is InChI=1S/C28H33NO20P2/c1-13(28(38,50(39,46-41-2)47-42-3)51(40,48-43-4)49-44-5)29-26(36)45-12-18(31)27(37)10-16-19(17(30)11-27)25(35)21-20(24(16)34)22(32)14-8-6-7-9-15(14)23(21)33/h6-9,13,17,30,34-35,37-38H,10-12H2,1-5H3,(H,29,36). The molecule has 0 aromatic heterocycles. The van der Waals surface area contributed by atoms with Gasteiger partial charge in [0.1, 0.15) is 17.1 Å². The number of ketones is 3. The van der Waals surface area contributed by atoms with Gasteiger partial charge in [-0.15, -0.1) is 18.7 Å². The molecule has 2 aliphatic rings. The van der Waals surface area contributed by atoms with E-state index < -0.39 is 115 Å². The molecule has 1 amide bonds. The van der Waals surface area contributed by atoms with Crippen molar-refractivity contribution in [1.82, 2.24) is 5.32 Å². The highest BCUT2D eigenvalue weighted by molar-refractivity contribution is 7.73. The molecule has 2 aromatic carbocycles. The maximum Gasteiger partial charge on any atom is 0.430 e. The number of benzene rings is 2. The third kappa shape index (κ3) is 6.73. The van der Waals surface area contributed by atoms with E-state index in [4.69, 9.17) is 4.74 Å². The number of aliphatic hydroxyl groups is 3. The third-order valence-electron chi connectivity index (χ3n) is 8.06. The maximum absolute atomic E-state index is 13.6. The number of hydrogen-bond donors (Lipinski definition) is 6. The van der Waals surface area contributed by atoms with Gasteiger partial charge in [0.2, 0.25) is 5.78 Å². The zero-order valence-corrected chi connectivity index (χ0v) is 29.1. The van der Waals surface area contributed by atoms with Crippen molar-refractivity contribution in [2.24, 2.45) is 0 Å². The van der Waals surface area contributed by atoms with Gasteiger partial charge in [-0.25, -0.2) is 24.3 Å². The first-order chi connectivity index (χ1) is 23.9. The summed E-state index contributed by atoms with van der Waals surface area (Å²) in [6.07, 6.45) is -5.14. The molecule has 3 atom stereocenters. The molecule has 51 heavy (non-hydrogen) atoms. The molecule has 0 spiro atoms. The van der Waals surface area contributed by atoms with E-state index in [1.165, 1.54) is 24.3 Å². The van der Waals surface area contributed by atoms with Gasteiger partial charge in [0.25, 0.3) is 5.08 Å². The van der Waals surface area contributed by atoms with Crippen LogP contribution in [0.5, 0.6) is 11.5 Å². The molecule has 0 bridgehead atoms. The molecule has 2 aromatic rings. The number of ether oxygens (including phenoxy) is 1. The monoisotopic (exact) mass is 765 g/mol. The van der Waals surface area contributed by atoms with E-state index in [9.17, 15) is 53.8 Å². The molecule has 0 saturated heterocycles. The number of Topliss-reactive ketones (excluding diaryl/α,β-unsaturated/α-hetero) is 1. The van der Waals surface area contributed by atoms with E-state index in [1.807, 2.05) is 5.32 Å². The number of carbonyl (C=O) groups is 4. The van der Waals surface area contributed by atoms with Crippen molar-refractivity contribution in [1.29, 1.82) is 0 Å². The van der Waals surface area contributed by atoms with E-state index in [2.05, 4.69) is 38.2 Å². The van der Waals surface area contributed by atoms with Gasteiger partial charge in [0, 0.05) is 35.1 Å². The van der Waals surface area contributed by atoms with E-state index in [1.54, 1.807) is 0 Å². The number of nitrogens with one attached hydrogen (secondary N) is 1. The first-order valence-electron chi connectivity index (χ1n) is 14.4. The predicted octanol–water partition coefficient (Wildman–Crippen LogP) is 1.61. The summed E-state index contributed by atoms with van der Waals surface area (Å²) in [7, 11) is -7.66. The number of aliphatic hydroxyl groups excluding tert-OH is 1. The normalized spacial score (nSPS) is 19.5. The van der Waals surface area contributed by atoms with Gasteiger partial charge in [0.05, 0.1) is 51.7 Å². The van der Waals surface area contributed by atoms with E-state index in [-0.39, 0.29) is 11.1 Å². The van der Waals surface area contributed by atoms with E-state index >= 15 is 0 Å². The molecule has 0 radical (unpaired) electrons. The van der Waals surface area contributed by atoms with Crippen molar-refractivity contribution in [2.75, 3.05) is 35.0 Å². The van der Waals surface area contributed by atoms with Crippen LogP contribution in [0.3, 0.4) is 0 Å². The molecule has 21 nitrogen and oxygen atoms in total. The molecule has 0 heterocycles. The highest BCUT2D eigenvalue weighted by Gasteiger charge is 2.72. The Labute approximate surface area is 287 Å². The number of rotatable bonds is 15. The van der Waals surface area contributed by atoms with Crippen molar-refractivity contribution >= 4 is 38.6 Å². The highest BCUT2D eigenvalue weighted by Crippen LogP contribution is 2.78. The number of aromatic hydroxyl groups is 2. The second-order valence-corrected chi connectivity index (χ2v) is 15.3. The van der Waals surface area contributed by atoms with Crippen LogP contribution in [0.4, 0.5) is 4.79 Å². The van der Waals surface area contributed by atoms with Crippen LogP contribution in [0.25, 0.3) is 0 Å². The van der Waals surface area contributed by atoms with Crippen LogP contribution in [0.2, 0.25) is 0 Å². The summed E-state index contributed by atoms with van der Waals surface area (Å²) in [5.74, 6) is -4.62. The van der Waals surface area contributed by atoms with E-state index in [0.29, 0.717) is 0 Å². The first-order valence-corrected chi connectivity index (χ1v) is 17.5. The second-order valence-electron chi connectivity index (χ2n) is 11.0. The zero-order chi connectivity index (χ0) is 38.1. The number of alkyl carbamates (subject to hydrolysis) is 1. The minimum Gasteiger partial charge on any atom is -0.507 e. The van der Waals surface area contributed by atoms with Crippen LogP contribution in [-0.2, 0) is 63.3 Å². The van der Waals surface area contributed by atoms with Gasteiger partial charge in [-0.05, 0) is 6.92 Å². The van der Waals surface area contributed by atoms with Crippen LogP contribution in [0.15, 0.2) is 24.3 Å². The van der Waals surface area contributed by atoms with Crippen LogP contribution in [-0.4, -0.2) is 101 Å². The summed E-state index contributed by atoms with van der Waals surface area (Å²) >= 11 is 0. The van der Waals surface area contributed by atoms with Crippen LogP contribution >= 0.6 is 15.2 Å². The molecule has 0 saturated carbocycles. The fourth-order valence-electron chi connectivity index (χ4n) is 5.76. The van der Waals surface area contributed by atoms with Crippen LogP contribution in [0.1, 0.15) is 62.4 Å². The minimum atomic E-state index is -5.44. The first kappa shape index (κ1) is 40.1. The number of amides is 1. The Morgan fingerprint density at radius 3 is 1.80 bits per heavy atom. The van der Waals surface area contributed by atoms with Gasteiger partial charge in [-0.1, -0.05) is 24.3 Å². The van der Waals surface area contributed by atoms with Crippen LogP contribution < -0.4 is 5.32 Å². The van der Waals surface area contributed by atoms with Gasteiger partial charge in [-0.2, -0.15) is 0 Å². The Bertz CT molecular complexity index is 1780. The Morgan fingerprint density at radius 1 is 0.902 bits per heavy atom. The third-order valence-corrected chi connectivity index (χ3v) is 13.3. The molecule has 0 aliphatic heterocycles. The molecule has 23 heteroatoms. The maximum atomic E-state index is 13.6. The largest absolute Gasteiger partial charge is 0.507 e. The van der Waals surface area contributed by atoms with Gasteiger partial charge in [0.15, 0.2) is 18.2 Å². The number of carbonyl (C=O) groups excluding carboxylic acids is 4. The van der Waals surface area contributed by atoms with E-state index in [0.717, 1.165) is 35.4 Å². The molecular weight excluding hydrogens is 732 g/mol. The van der Waals surface area contributed by atoms with Gasteiger partial charge < -0.3 is 35.6 Å². The number of phenolic OH excluding ortho intramolecular Hbond substituents is 2. The SMILES string of the molecule is COOP(=O)(OOC)C(O)(C(C)NC(=O)OCC(=O)C1(O)Cc2c(O)c3c(c(O)c2C(O)C1)C(=O)c1ccccc1C3=O)P(=O)(OOC)OOC. The summed E-state index contributed by atoms with van der Waals surface area (Å²) in [5.41, 5.74) is -4.72. The Morgan fingerprint density at radius 2 is 1.35 bits per heavy atom. The Kier molecular flexibility index (Phi) is 11.9. The summed E-state index contributed by atoms with van der Waals surface area (Å²) in [6, 6.07) is 3.51. The zero-order valence-electron chi connectivity index (χ0n) is 27.3. The van der Waals surface area contributed by atoms with Crippen molar-refractivity contribution < 1.29 is 96.8 Å². The molecule has 4 rings (SSSR count). The van der Waals surface area contributed by atoms with Gasteiger partial charge in [-0.3, -0.25) is 23.5 Å². The second kappa shape index (κ2) is 15.1. The summed E-state index contributed by atoms with van der Waals surface area (Å²) < 4.78 is 50.1. The summed E-state index contributed by atoms with van der Waals surface area (Å²) in [6.45, 7) is -0.402. The molecule has 3 unspecified atom stereocenters. The van der Waals surface area contributed by atoms with Crippen molar-refractivity contribution in [3.63, 3.8) is 0 Å². The fraction of sp³-hybridized carbons (Fsp3) is 0.429. The van der Waals surface area contributed by atoms with Crippen LogP contribution in [0, 0.1) is 0 Å². The highest BCUT2D eigenvalue weighted by atomic mass is 31.2. The Hall–Kier alpha value is -3.66. The lowest BCUT2D eigenvalue weighted by Gasteiger charge is -2.38. The quantitative estimate of drug-likeness (QED) is 0.0554. The summed E-state index contributed by atoms with van der Waals surface area (Å²) in [4.78, 5) is 69.9. The number of hydrogen-bond acceptors (Lipinski definition) is 20. The average molecular weight is 766 g/mol. The lowest BCUT2D eigenvalue weighted by molar-refractivity contribution is -0.264. The molecule has 2 aliphatic carbocycles. The fourth-order valence-corrected chi connectivity index (χ4v) is 9.71. The van der Waals surface area contributed by atoms with Crippen molar-refractivity contribution in [3.05, 3.63) is 57.6 Å². The smallest absolute Gasteiger partial charge is 0.430 e. The Balaban J connectivity index is 1.59. The van der Waals surface area contributed by atoms with Crippen molar-refractivity contribution in [3.8, 4) is 11.5 Å². The topological polar surface area (TPSA) is 299 Å².